The molecule has 0 saturated heterocycles. The topological polar surface area (TPSA) is 88.9 Å². The fourth-order valence-corrected chi connectivity index (χ4v) is 2.81. The Morgan fingerprint density at radius 1 is 1.25 bits per heavy atom. The second-order valence-corrected chi connectivity index (χ2v) is 6.15. The minimum Gasteiger partial charge on any atom is -0.355 e. The summed E-state index contributed by atoms with van der Waals surface area (Å²) in [5.74, 6) is 0.503. The molecule has 8 heteroatoms. The fraction of sp³-hybridized carbons (Fsp3) is 0.375. The molecule has 1 aromatic heterocycles. The fourth-order valence-electron chi connectivity index (χ4n) is 2.09. The number of hydrogen-bond acceptors (Lipinski definition) is 5. The van der Waals surface area contributed by atoms with E-state index in [1.54, 1.807) is 6.92 Å². The Hall–Kier alpha value is -2.35. The third-order valence-electron chi connectivity index (χ3n) is 3.32. The summed E-state index contributed by atoms with van der Waals surface area (Å²) in [6, 6.07) is 9.17. The summed E-state index contributed by atoms with van der Waals surface area (Å²) in [7, 11) is 1.86. The SMILES string of the molecule is CCNC(=O)[C@@H](C)NC(=O)CSc1nnc(-c2ccccc2)n1C. The van der Waals surface area contributed by atoms with Crippen molar-refractivity contribution < 1.29 is 9.59 Å². The van der Waals surface area contributed by atoms with Crippen molar-refractivity contribution >= 4 is 23.6 Å². The molecule has 0 radical (unpaired) electrons. The summed E-state index contributed by atoms with van der Waals surface area (Å²) in [6.07, 6.45) is 0. The second-order valence-electron chi connectivity index (χ2n) is 5.20. The van der Waals surface area contributed by atoms with Gasteiger partial charge in [0, 0.05) is 19.2 Å². The van der Waals surface area contributed by atoms with E-state index in [2.05, 4.69) is 20.8 Å². The number of amides is 2. The first-order valence-corrected chi connectivity index (χ1v) is 8.66. The lowest BCUT2D eigenvalue weighted by molar-refractivity contribution is -0.127. The molecule has 0 saturated carbocycles. The van der Waals surface area contributed by atoms with E-state index >= 15 is 0 Å². The maximum absolute atomic E-state index is 12.0. The minimum atomic E-state index is -0.558. The van der Waals surface area contributed by atoms with Crippen LogP contribution >= 0.6 is 11.8 Å². The van der Waals surface area contributed by atoms with Crippen LogP contribution in [0.3, 0.4) is 0 Å². The van der Waals surface area contributed by atoms with Crippen LogP contribution in [0.25, 0.3) is 11.4 Å². The van der Waals surface area contributed by atoms with Crippen LogP contribution in [0.5, 0.6) is 0 Å². The van der Waals surface area contributed by atoms with Crippen molar-refractivity contribution in [3.05, 3.63) is 30.3 Å². The van der Waals surface area contributed by atoms with E-state index in [4.69, 9.17) is 0 Å². The second kappa shape index (κ2) is 8.49. The first kappa shape index (κ1) is 18.0. The molecular weight excluding hydrogens is 326 g/mol. The summed E-state index contributed by atoms with van der Waals surface area (Å²) in [6.45, 7) is 4.03. The standard InChI is InChI=1S/C16H21N5O2S/c1-4-17-15(23)11(2)18-13(22)10-24-16-20-19-14(21(16)3)12-8-6-5-7-9-12/h5-9,11H,4,10H2,1-3H3,(H,17,23)(H,18,22)/t11-/m1/s1. The van der Waals surface area contributed by atoms with Crippen molar-refractivity contribution in [3.63, 3.8) is 0 Å². The van der Waals surface area contributed by atoms with Gasteiger partial charge < -0.3 is 15.2 Å². The van der Waals surface area contributed by atoms with Crippen LogP contribution in [-0.4, -0.2) is 44.9 Å². The summed E-state index contributed by atoms with van der Waals surface area (Å²) >= 11 is 1.28. The van der Waals surface area contributed by atoms with Gasteiger partial charge in [-0.3, -0.25) is 9.59 Å². The molecule has 7 nitrogen and oxygen atoms in total. The molecule has 0 unspecified atom stereocenters. The first-order chi connectivity index (χ1) is 11.5. The van der Waals surface area contributed by atoms with Crippen molar-refractivity contribution in [2.75, 3.05) is 12.3 Å². The van der Waals surface area contributed by atoms with Gasteiger partial charge in [-0.25, -0.2) is 0 Å². The minimum absolute atomic E-state index is 0.171. The molecule has 0 aliphatic heterocycles. The lowest BCUT2D eigenvalue weighted by Crippen LogP contribution is -2.45. The average molecular weight is 347 g/mol. The van der Waals surface area contributed by atoms with Gasteiger partial charge in [-0.15, -0.1) is 10.2 Å². The number of aromatic nitrogens is 3. The van der Waals surface area contributed by atoms with Crippen molar-refractivity contribution in [1.82, 2.24) is 25.4 Å². The molecule has 24 heavy (non-hydrogen) atoms. The summed E-state index contributed by atoms with van der Waals surface area (Å²) in [4.78, 5) is 23.6. The molecule has 1 heterocycles. The van der Waals surface area contributed by atoms with E-state index in [0.717, 1.165) is 11.4 Å². The molecule has 2 N–H and O–H groups in total. The number of rotatable bonds is 7. The number of thioether (sulfide) groups is 1. The van der Waals surface area contributed by atoms with Gasteiger partial charge >= 0.3 is 0 Å². The molecule has 2 aromatic rings. The third kappa shape index (κ3) is 4.58. The highest BCUT2D eigenvalue weighted by Crippen LogP contribution is 2.22. The van der Waals surface area contributed by atoms with Crippen molar-refractivity contribution in [2.45, 2.75) is 25.0 Å². The zero-order valence-corrected chi connectivity index (χ0v) is 14.8. The Morgan fingerprint density at radius 2 is 1.96 bits per heavy atom. The van der Waals surface area contributed by atoms with E-state index in [-0.39, 0.29) is 17.6 Å². The zero-order chi connectivity index (χ0) is 17.5. The van der Waals surface area contributed by atoms with Crippen LogP contribution < -0.4 is 10.6 Å². The van der Waals surface area contributed by atoms with Crippen LogP contribution in [0, 0.1) is 0 Å². The predicted octanol–water partition coefficient (Wildman–Crippen LogP) is 1.21. The lowest BCUT2D eigenvalue weighted by Gasteiger charge is -2.12. The third-order valence-corrected chi connectivity index (χ3v) is 4.34. The monoisotopic (exact) mass is 347 g/mol. The van der Waals surface area contributed by atoms with Crippen molar-refractivity contribution in [2.24, 2.45) is 7.05 Å². The number of carbonyl (C=O) groups is 2. The maximum Gasteiger partial charge on any atom is 0.242 e. The van der Waals surface area contributed by atoms with Gasteiger partial charge in [0.1, 0.15) is 6.04 Å². The van der Waals surface area contributed by atoms with Crippen molar-refractivity contribution in [3.8, 4) is 11.4 Å². The van der Waals surface area contributed by atoms with Gasteiger partial charge in [-0.1, -0.05) is 42.1 Å². The van der Waals surface area contributed by atoms with Gasteiger partial charge in [0.05, 0.1) is 5.75 Å². The van der Waals surface area contributed by atoms with Gasteiger partial charge in [-0.05, 0) is 13.8 Å². The molecule has 0 aliphatic rings. The molecule has 0 fully saturated rings. The molecule has 0 spiro atoms. The van der Waals surface area contributed by atoms with E-state index in [9.17, 15) is 9.59 Å². The highest BCUT2D eigenvalue weighted by Gasteiger charge is 2.16. The smallest absolute Gasteiger partial charge is 0.242 e. The summed E-state index contributed by atoms with van der Waals surface area (Å²) < 4.78 is 1.85. The molecule has 0 bridgehead atoms. The Bertz CT molecular complexity index is 702. The number of carbonyl (C=O) groups excluding carboxylic acids is 2. The van der Waals surface area contributed by atoms with Crippen molar-refractivity contribution in [1.29, 1.82) is 0 Å². The van der Waals surface area contributed by atoms with E-state index in [1.165, 1.54) is 11.8 Å². The Labute approximate surface area is 145 Å². The molecule has 2 rings (SSSR count). The molecule has 2 amide bonds. The molecule has 1 aromatic carbocycles. The van der Waals surface area contributed by atoms with Crippen LogP contribution in [-0.2, 0) is 16.6 Å². The quantitative estimate of drug-likeness (QED) is 0.735. The Kier molecular flexibility index (Phi) is 6.36. The van der Waals surface area contributed by atoms with Crippen LogP contribution in [0.1, 0.15) is 13.8 Å². The van der Waals surface area contributed by atoms with E-state index in [1.807, 2.05) is 48.9 Å². The normalized spacial score (nSPS) is 11.8. The predicted molar refractivity (Wildman–Crippen MR) is 93.5 cm³/mol. The molecule has 1 atom stereocenters. The summed E-state index contributed by atoms with van der Waals surface area (Å²) in [5, 5.41) is 14.3. The number of nitrogens with zero attached hydrogens (tertiary/aromatic N) is 3. The first-order valence-electron chi connectivity index (χ1n) is 7.67. The Balaban J connectivity index is 1.92. The summed E-state index contributed by atoms with van der Waals surface area (Å²) in [5.41, 5.74) is 0.966. The highest BCUT2D eigenvalue weighted by molar-refractivity contribution is 7.99. The lowest BCUT2D eigenvalue weighted by atomic mass is 10.2. The van der Waals surface area contributed by atoms with Gasteiger partial charge in [0.25, 0.3) is 0 Å². The van der Waals surface area contributed by atoms with Crippen LogP contribution in [0.15, 0.2) is 35.5 Å². The number of benzene rings is 1. The van der Waals surface area contributed by atoms with Crippen LogP contribution in [0.2, 0.25) is 0 Å². The molecule has 128 valence electrons. The average Bonchev–Trinajstić information content (AvgIpc) is 2.94. The van der Waals surface area contributed by atoms with Gasteiger partial charge in [-0.2, -0.15) is 0 Å². The number of nitrogens with one attached hydrogen (secondary N) is 2. The Morgan fingerprint density at radius 3 is 2.62 bits per heavy atom. The zero-order valence-electron chi connectivity index (χ0n) is 13.9. The maximum atomic E-state index is 12.0. The number of hydrogen-bond donors (Lipinski definition) is 2. The molecule has 0 aliphatic carbocycles. The van der Waals surface area contributed by atoms with E-state index in [0.29, 0.717) is 11.7 Å². The molecular formula is C16H21N5O2S. The van der Waals surface area contributed by atoms with Gasteiger partial charge in [0.2, 0.25) is 11.8 Å². The van der Waals surface area contributed by atoms with Gasteiger partial charge in [0.15, 0.2) is 11.0 Å². The van der Waals surface area contributed by atoms with E-state index < -0.39 is 6.04 Å². The number of likely N-dealkylation sites (N-methyl/N-ethyl adjacent to an activating group) is 1. The largest absolute Gasteiger partial charge is 0.355 e. The van der Waals surface area contributed by atoms with Crippen LogP contribution in [0.4, 0.5) is 0 Å². The highest BCUT2D eigenvalue weighted by atomic mass is 32.2.